The maximum absolute atomic E-state index is 13.4. The van der Waals surface area contributed by atoms with E-state index < -0.39 is 11.2 Å². The summed E-state index contributed by atoms with van der Waals surface area (Å²) in [6, 6.07) is 18.5. The second-order valence-corrected chi connectivity index (χ2v) is 9.62. The summed E-state index contributed by atoms with van der Waals surface area (Å²) < 4.78 is 1.64. The lowest BCUT2D eigenvalue weighted by Gasteiger charge is -2.17. The summed E-state index contributed by atoms with van der Waals surface area (Å²) in [6.07, 6.45) is 0. The molecule has 4 rings (SSSR count). The van der Waals surface area contributed by atoms with Crippen LogP contribution in [0.5, 0.6) is 0 Å². The van der Waals surface area contributed by atoms with E-state index in [2.05, 4.69) is 15.5 Å². The number of carbonyl (C=O) groups is 2. The van der Waals surface area contributed by atoms with Crippen LogP contribution in [0.4, 0.5) is 5.69 Å². The maximum Gasteiger partial charge on any atom is 0.242 e. The first-order valence-corrected chi connectivity index (χ1v) is 12.1. The van der Waals surface area contributed by atoms with E-state index in [0.717, 1.165) is 16.0 Å². The lowest BCUT2D eigenvalue weighted by molar-refractivity contribution is -0.118. The molecule has 2 aromatic carbocycles. The van der Waals surface area contributed by atoms with Gasteiger partial charge in [0.25, 0.3) is 0 Å². The van der Waals surface area contributed by atoms with Gasteiger partial charge in [-0.05, 0) is 41.6 Å². The molecule has 0 aliphatic heterocycles. The Morgan fingerprint density at radius 3 is 2.61 bits per heavy atom. The molecule has 168 valence electrons. The van der Waals surface area contributed by atoms with Crippen LogP contribution in [0.3, 0.4) is 0 Å². The van der Waals surface area contributed by atoms with Gasteiger partial charge in [0.15, 0.2) is 11.0 Å². The van der Waals surface area contributed by atoms with Gasteiger partial charge in [-0.2, -0.15) is 0 Å². The van der Waals surface area contributed by atoms with Crippen LogP contribution in [-0.4, -0.2) is 26.6 Å². The van der Waals surface area contributed by atoms with E-state index >= 15 is 0 Å². The third-order valence-electron chi connectivity index (χ3n) is 4.78. The fourth-order valence-corrected chi connectivity index (χ4v) is 5.08. The first-order chi connectivity index (χ1) is 15.9. The van der Waals surface area contributed by atoms with Crippen LogP contribution in [0.1, 0.15) is 16.4 Å². The smallest absolute Gasteiger partial charge is 0.242 e. The standard InChI is InChI=1S/C23H20ClN5O2S2/c1-14-9-10-16(12-17(14)24)26-22(31)20(15-6-3-2-4-7-15)33-23-28-27-21(18-8-5-11-32-18)29(23)13-19(25)30/h2-12,20H,13H2,1H3,(H2,25,30)(H,26,31)/t20-/m1/s1. The van der Waals surface area contributed by atoms with Gasteiger partial charge in [-0.25, -0.2) is 0 Å². The normalized spacial score (nSPS) is 11.8. The molecule has 10 heteroatoms. The Kier molecular flexibility index (Phi) is 7.12. The van der Waals surface area contributed by atoms with Gasteiger partial charge in [0.05, 0.1) is 4.88 Å². The number of nitrogens with zero attached hydrogens (tertiary/aromatic N) is 3. The summed E-state index contributed by atoms with van der Waals surface area (Å²) >= 11 is 8.91. The molecule has 0 aliphatic carbocycles. The van der Waals surface area contributed by atoms with Crippen molar-refractivity contribution in [3.8, 4) is 10.7 Å². The number of carbonyl (C=O) groups excluding carboxylic acids is 2. The van der Waals surface area contributed by atoms with Gasteiger partial charge in [-0.3, -0.25) is 14.2 Å². The number of aromatic nitrogens is 3. The summed E-state index contributed by atoms with van der Waals surface area (Å²) in [6.45, 7) is 1.80. The molecule has 0 aliphatic rings. The molecular formula is C23H20ClN5O2S2. The number of benzene rings is 2. The molecule has 0 fully saturated rings. The third-order valence-corrected chi connectivity index (χ3v) is 7.28. The van der Waals surface area contributed by atoms with Crippen LogP contribution in [0.2, 0.25) is 5.02 Å². The Labute approximate surface area is 204 Å². The van der Waals surface area contributed by atoms with Crippen LogP contribution < -0.4 is 11.1 Å². The average molecular weight is 498 g/mol. The van der Waals surface area contributed by atoms with Crippen molar-refractivity contribution in [1.29, 1.82) is 0 Å². The van der Waals surface area contributed by atoms with Crippen molar-refractivity contribution in [3.63, 3.8) is 0 Å². The molecule has 0 radical (unpaired) electrons. The number of nitrogens with one attached hydrogen (secondary N) is 1. The monoisotopic (exact) mass is 497 g/mol. The Balaban J connectivity index is 1.68. The van der Waals surface area contributed by atoms with E-state index in [1.165, 1.54) is 23.1 Å². The second-order valence-electron chi connectivity index (χ2n) is 7.20. The molecule has 33 heavy (non-hydrogen) atoms. The first kappa shape index (κ1) is 23.0. The predicted octanol–water partition coefficient (Wildman–Crippen LogP) is 4.93. The number of hydrogen-bond donors (Lipinski definition) is 2. The van der Waals surface area contributed by atoms with E-state index in [4.69, 9.17) is 17.3 Å². The molecule has 0 bridgehead atoms. The summed E-state index contributed by atoms with van der Waals surface area (Å²) in [5.74, 6) is -0.245. The van der Waals surface area contributed by atoms with Crippen molar-refractivity contribution in [2.45, 2.75) is 23.9 Å². The van der Waals surface area contributed by atoms with Gasteiger partial charge in [0.1, 0.15) is 11.8 Å². The summed E-state index contributed by atoms with van der Waals surface area (Å²) in [5, 5.41) is 13.7. The second kappa shape index (κ2) is 10.2. The Morgan fingerprint density at radius 2 is 1.94 bits per heavy atom. The summed E-state index contributed by atoms with van der Waals surface area (Å²) in [5.41, 5.74) is 7.79. The highest BCUT2D eigenvalue weighted by molar-refractivity contribution is 8.00. The summed E-state index contributed by atoms with van der Waals surface area (Å²) in [4.78, 5) is 26.0. The number of nitrogens with two attached hydrogens (primary N) is 1. The number of thioether (sulfide) groups is 1. The third kappa shape index (κ3) is 5.44. The number of amides is 2. The molecule has 2 heterocycles. The average Bonchev–Trinajstić information content (AvgIpc) is 3.45. The highest BCUT2D eigenvalue weighted by Gasteiger charge is 2.27. The topological polar surface area (TPSA) is 103 Å². The Bertz CT molecular complexity index is 1280. The van der Waals surface area contributed by atoms with Gasteiger partial charge >= 0.3 is 0 Å². The molecule has 1 atom stereocenters. The fourth-order valence-electron chi connectivity index (χ4n) is 3.15. The zero-order valence-corrected chi connectivity index (χ0v) is 20.0. The van der Waals surface area contributed by atoms with E-state index in [9.17, 15) is 9.59 Å². The lowest BCUT2D eigenvalue weighted by atomic mass is 10.1. The molecule has 0 saturated heterocycles. The van der Waals surface area contributed by atoms with Gasteiger partial charge in [0, 0.05) is 10.7 Å². The van der Waals surface area contributed by atoms with Gasteiger partial charge in [0.2, 0.25) is 11.8 Å². The highest BCUT2D eigenvalue weighted by Crippen LogP contribution is 2.37. The van der Waals surface area contributed by atoms with E-state index in [1.54, 1.807) is 16.7 Å². The number of thiophene rings is 1. The van der Waals surface area contributed by atoms with Crippen molar-refractivity contribution < 1.29 is 9.59 Å². The number of anilines is 1. The molecular weight excluding hydrogens is 478 g/mol. The molecule has 3 N–H and O–H groups in total. The number of rotatable bonds is 8. The molecule has 2 aromatic heterocycles. The summed E-state index contributed by atoms with van der Waals surface area (Å²) in [7, 11) is 0. The van der Waals surface area contributed by atoms with Crippen molar-refractivity contribution in [3.05, 3.63) is 82.2 Å². The van der Waals surface area contributed by atoms with Crippen LogP contribution >= 0.6 is 34.7 Å². The zero-order chi connectivity index (χ0) is 23.4. The van der Waals surface area contributed by atoms with E-state index in [1.807, 2.05) is 60.8 Å². The van der Waals surface area contributed by atoms with E-state index in [-0.39, 0.29) is 12.5 Å². The molecule has 2 amide bonds. The van der Waals surface area contributed by atoms with Crippen molar-refractivity contribution in [1.82, 2.24) is 14.8 Å². The molecule has 0 saturated carbocycles. The minimum atomic E-state index is -0.654. The zero-order valence-electron chi connectivity index (χ0n) is 17.6. The molecule has 7 nitrogen and oxygen atoms in total. The van der Waals surface area contributed by atoms with E-state index in [0.29, 0.717) is 21.7 Å². The van der Waals surface area contributed by atoms with Crippen molar-refractivity contribution in [2.75, 3.05) is 5.32 Å². The number of aryl methyl sites for hydroxylation is 1. The number of hydrogen-bond acceptors (Lipinski definition) is 6. The predicted molar refractivity (Wildman–Crippen MR) is 132 cm³/mol. The molecule has 4 aromatic rings. The SMILES string of the molecule is Cc1ccc(NC(=O)[C@H](Sc2nnc(-c3cccs3)n2CC(N)=O)c2ccccc2)cc1Cl. The van der Waals surface area contributed by atoms with Crippen molar-refractivity contribution in [2.24, 2.45) is 5.73 Å². The highest BCUT2D eigenvalue weighted by atomic mass is 35.5. The Morgan fingerprint density at radius 1 is 1.15 bits per heavy atom. The largest absolute Gasteiger partial charge is 0.368 e. The van der Waals surface area contributed by atoms with Crippen molar-refractivity contribution >= 4 is 52.2 Å². The van der Waals surface area contributed by atoms with Crippen LogP contribution in [0.15, 0.2) is 71.2 Å². The number of halogens is 1. The fraction of sp³-hybridized carbons (Fsp3) is 0.130. The van der Waals surface area contributed by atoms with Gasteiger partial charge in [-0.1, -0.05) is 65.8 Å². The molecule has 0 unspecified atom stereocenters. The maximum atomic E-state index is 13.4. The quantitative estimate of drug-likeness (QED) is 0.336. The van der Waals surface area contributed by atoms with Gasteiger partial charge in [-0.15, -0.1) is 21.5 Å². The minimum Gasteiger partial charge on any atom is -0.368 e. The van der Waals surface area contributed by atoms with Crippen LogP contribution in [0.25, 0.3) is 10.7 Å². The first-order valence-electron chi connectivity index (χ1n) is 9.96. The van der Waals surface area contributed by atoms with Gasteiger partial charge < -0.3 is 11.1 Å². The van der Waals surface area contributed by atoms with Crippen LogP contribution in [0, 0.1) is 6.92 Å². The molecule has 0 spiro atoms. The lowest BCUT2D eigenvalue weighted by Crippen LogP contribution is -2.22. The van der Waals surface area contributed by atoms with Crippen LogP contribution in [-0.2, 0) is 16.1 Å². The minimum absolute atomic E-state index is 0.0980. The Hall–Kier alpha value is -3.14. The number of primary amides is 1.